The fourth-order valence-corrected chi connectivity index (χ4v) is 5.95. The molecular weight excluding hydrogens is 460 g/mol. The van der Waals surface area contributed by atoms with E-state index in [2.05, 4.69) is 51.8 Å². The van der Waals surface area contributed by atoms with Crippen molar-refractivity contribution in [2.24, 2.45) is 0 Å². The van der Waals surface area contributed by atoms with Crippen LogP contribution in [0.5, 0.6) is 0 Å². The van der Waals surface area contributed by atoms with Crippen LogP contribution in [0.4, 0.5) is 11.5 Å². The summed E-state index contributed by atoms with van der Waals surface area (Å²) >= 11 is 1.56. The molecule has 1 aliphatic heterocycles. The molecule has 2 aliphatic rings. The zero-order valence-electron chi connectivity index (χ0n) is 19.4. The molecule has 0 radical (unpaired) electrons. The predicted octanol–water partition coefficient (Wildman–Crippen LogP) is 3.65. The Labute approximate surface area is 206 Å². The van der Waals surface area contributed by atoms with Gasteiger partial charge < -0.3 is 16.4 Å². The maximum absolute atomic E-state index is 13.4. The highest BCUT2D eigenvalue weighted by atomic mass is 32.1. The Balaban J connectivity index is 1.19. The van der Waals surface area contributed by atoms with Crippen molar-refractivity contribution in [1.82, 2.24) is 19.9 Å². The number of aryl methyl sites for hydroxylation is 1. The molecule has 0 bridgehead atoms. The Hall–Kier alpha value is -3.72. The first-order valence-electron chi connectivity index (χ1n) is 11.7. The third kappa shape index (κ3) is 4.05. The number of pyridine rings is 1. The Kier molecular flexibility index (Phi) is 5.10. The number of hydrogen-bond donors (Lipinski definition) is 3. The zero-order chi connectivity index (χ0) is 24.2. The number of hydrogen-bond acceptors (Lipinski definition) is 7. The Bertz CT molecular complexity index is 1500. The number of amides is 1. The second-order valence-electron chi connectivity index (χ2n) is 9.63. The van der Waals surface area contributed by atoms with Crippen molar-refractivity contribution in [1.29, 1.82) is 0 Å². The lowest BCUT2D eigenvalue weighted by Gasteiger charge is -2.32. The SMILES string of the molecule is Cc1ccc([C@@H]2CC3(CC3)c3ncn(CC(=O)NCc4cc5cnc(N)cc5s4)c(=O)c3N2)cc1. The molecule has 1 spiro atoms. The van der Waals surface area contributed by atoms with E-state index >= 15 is 0 Å². The van der Waals surface area contributed by atoms with Gasteiger partial charge in [-0.15, -0.1) is 11.3 Å². The molecular formula is C26H26N6O2S. The molecule has 3 aromatic heterocycles. The predicted molar refractivity (Wildman–Crippen MR) is 137 cm³/mol. The summed E-state index contributed by atoms with van der Waals surface area (Å²) in [4.78, 5) is 35.8. The van der Waals surface area contributed by atoms with Gasteiger partial charge in [0.2, 0.25) is 5.91 Å². The van der Waals surface area contributed by atoms with Gasteiger partial charge in [-0.3, -0.25) is 14.2 Å². The van der Waals surface area contributed by atoms with Crippen molar-refractivity contribution in [2.75, 3.05) is 11.1 Å². The van der Waals surface area contributed by atoms with Crippen LogP contribution in [0.3, 0.4) is 0 Å². The highest BCUT2D eigenvalue weighted by Gasteiger charge is 2.52. The van der Waals surface area contributed by atoms with Gasteiger partial charge >= 0.3 is 0 Å². The lowest BCUT2D eigenvalue weighted by atomic mass is 9.85. The largest absolute Gasteiger partial charge is 0.384 e. The van der Waals surface area contributed by atoms with Crippen molar-refractivity contribution in [3.8, 4) is 0 Å². The normalized spacial score (nSPS) is 17.7. The third-order valence-corrected chi connectivity index (χ3v) is 8.13. The number of rotatable bonds is 5. The second-order valence-corrected chi connectivity index (χ2v) is 10.8. The summed E-state index contributed by atoms with van der Waals surface area (Å²) in [5, 5.41) is 7.35. The molecule has 6 rings (SSSR count). The van der Waals surface area contributed by atoms with E-state index in [1.165, 1.54) is 22.0 Å². The van der Waals surface area contributed by atoms with E-state index < -0.39 is 0 Å². The van der Waals surface area contributed by atoms with Crippen LogP contribution >= 0.6 is 11.3 Å². The molecule has 9 heteroatoms. The average Bonchev–Trinajstić information content (AvgIpc) is 3.48. The maximum Gasteiger partial charge on any atom is 0.277 e. The van der Waals surface area contributed by atoms with Crippen LogP contribution in [0.15, 0.2) is 53.7 Å². The van der Waals surface area contributed by atoms with Crippen molar-refractivity contribution in [3.05, 3.63) is 81.0 Å². The topological polar surface area (TPSA) is 115 Å². The summed E-state index contributed by atoms with van der Waals surface area (Å²) in [6, 6.07) is 12.3. The van der Waals surface area contributed by atoms with E-state index in [4.69, 9.17) is 5.73 Å². The summed E-state index contributed by atoms with van der Waals surface area (Å²) in [6.45, 7) is 2.36. The molecule has 4 aromatic rings. The monoisotopic (exact) mass is 486 g/mol. The number of benzene rings is 1. The minimum Gasteiger partial charge on any atom is -0.384 e. The van der Waals surface area contributed by atoms with Gasteiger partial charge in [-0.2, -0.15) is 0 Å². The van der Waals surface area contributed by atoms with Crippen LogP contribution in [-0.4, -0.2) is 20.4 Å². The van der Waals surface area contributed by atoms with Crippen molar-refractivity contribution < 1.29 is 4.79 Å². The fourth-order valence-electron chi connectivity index (χ4n) is 4.93. The summed E-state index contributed by atoms with van der Waals surface area (Å²) in [6.07, 6.45) is 6.25. The lowest BCUT2D eigenvalue weighted by molar-refractivity contribution is -0.121. The molecule has 8 nitrogen and oxygen atoms in total. The van der Waals surface area contributed by atoms with E-state index in [9.17, 15) is 9.59 Å². The van der Waals surface area contributed by atoms with Gasteiger partial charge in [0.15, 0.2) is 0 Å². The quantitative estimate of drug-likeness (QED) is 0.397. The van der Waals surface area contributed by atoms with Crippen LogP contribution in [0.2, 0.25) is 0 Å². The number of nitrogens with one attached hydrogen (secondary N) is 2. The molecule has 1 saturated carbocycles. The molecule has 1 aliphatic carbocycles. The summed E-state index contributed by atoms with van der Waals surface area (Å²) in [7, 11) is 0. The molecule has 35 heavy (non-hydrogen) atoms. The van der Waals surface area contributed by atoms with E-state index in [0.29, 0.717) is 18.1 Å². The number of nitrogens with zero attached hydrogens (tertiary/aromatic N) is 3. The van der Waals surface area contributed by atoms with Crippen LogP contribution in [-0.2, 0) is 23.3 Å². The highest BCUT2D eigenvalue weighted by Crippen LogP contribution is 2.57. The third-order valence-electron chi connectivity index (χ3n) is 7.03. The van der Waals surface area contributed by atoms with Crippen LogP contribution in [0.1, 0.15) is 47.0 Å². The van der Waals surface area contributed by atoms with Gasteiger partial charge in [-0.25, -0.2) is 9.97 Å². The van der Waals surface area contributed by atoms with Gasteiger partial charge in [0.05, 0.1) is 24.6 Å². The number of nitrogens with two attached hydrogens (primary N) is 1. The molecule has 0 unspecified atom stereocenters. The maximum atomic E-state index is 13.4. The van der Waals surface area contributed by atoms with Gasteiger partial charge in [0, 0.05) is 26.6 Å². The minimum absolute atomic E-state index is 0.0317. The van der Waals surface area contributed by atoms with Gasteiger partial charge in [-0.1, -0.05) is 29.8 Å². The minimum atomic E-state index is -0.240. The zero-order valence-corrected chi connectivity index (χ0v) is 20.2. The van der Waals surface area contributed by atoms with Crippen LogP contribution in [0.25, 0.3) is 10.1 Å². The number of anilines is 2. The van der Waals surface area contributed by atoms with Crippen molar-refractivity contribution >= 4 is 38.8 Å². The van der Waals surface area contributed by atoms with Crippen LogP contribution in [0, 0.1) is 6.92 Å². The van der Waals surface area contributed by atoms with E-state index in [1.807, 2.05) is 12.1 Å². The average molecular weight is 487 g/mol. The second kappa shape index (κ2) is 8.20. The van der Waals surface area contributed by atoms with Crippen molar-refractivity contribution in [2.45, 2.75) is 50.7 Å². The first-order valence-corrected chi connectivity index (χ1v) is 12.6. The number of carbonyl (C=O) groups is 1. The molecule has 0 saturated heterocycles. The van der Waals surface area contributed by atoms with Gasteiger partial charge in [0.25, 0.3) is 5.56 Å². The Morgan fingerprint density at radius 3 is 2.83 bits per heavy atom. The van der Waals surface area contributed by atoms with E-state index in [0.717, 1.165) is 39.9 Å². The van der Waals surface area contributed by atoms with Crippen LogP contribution < -0.4 is 21.9 Å². The number of fused-ring (bicyclic) bond motifs is 3. The molecule has 1 amide bonds. The fraction of sp³-hybridized carbons (Fsp3) is 0.308. The summed E-state index contributed by atoms with van der Waals surface area (Å²) in [5.74, 6) is 0.233. The van der Waals surface area contributed by atoms with Crippen molar-refractivity contribution in [3.63, 3.8) is 0 Å². The molecule has 1 fully saturated rings. The summed E-state index contributed by atoms with van der Waals surface area (Å²) < 4.78 is 2.42. The number of thiophene rings is 1. The number of aromatic nitrogens is 3. The molecule has 1 atom stereocenters. The lowest BCUT2D eigenvalue weighted by Crippen LogP contribution is -2.37. The summed E-state index contributed by atoms with van der Waals surface area (Å²) in [5.41, 5.74) is 9.28. The molecule has 4 N–H and O–H groups in total. The Morgan fingerprint density at radius 1 is 1.26 bits per heavy atom. The smallest absolute Gasteiger partial charge is 0.277 e. The van der Waals surface area contributed by atoms with Gasteiger partial charge in [0.1, 0.15) is 18.1 Å². The standard InChI is InChI=1S/C26H26N6O2S/c1-15-2-4-16(5-3-15)19-10-26(6-7-26)24-23(31-19)25(34)32(14-30-24)13-22(33)29-12-18-8-17-11-28-21(27)9-20(17)35-18/h2-5,8-9,11,14,19,31H,6-7,10,12-13H2,1H3,(H2,27,28)(H,29,33)/t19-/m0/s1. The van der Waals surface area contributed by atoms with Gasteiger partial charge in [-0.05, 0) is 43.9 Å². The number of carbonyl (C=O) groups excluding carboxylic acids is 1. The van der Waals surface area contributed by atoms with E-state index in [1.54, 1.807) is 17.5 Å². The highest BCUT2D eigenvalue weighted by molar-refractivity contribution is 7.19. The molecule has 1 aromatic carbocycles. The molecule has 178 valence electrons. The first-order chi connectivity index (χ1) is 16.9. The first kappa shape index (κ1) is 21.8. The van der Waals surface area contributed by atoms with E-state index in [-0.39, 0.29) is 29.5 Å². The number of nitrogen functional groups attached to an aromatic ring is 1. The molecule has 4 heterocycles. The Morgan fingerprint density at radius 2 is 2.06 bits per heavy atom.